The highest BCUT2D eigenvalue weighted by Gasteiger charge is 2.23. The number of carbonyl (C=O) groups excluding carboxylic acids is 1. The van der Waals surface area contributed by atoms with E-state index in [1.807, 2.05) is 0 Å². The van der Waals surface area contributed by atoms with Crippen molar-refractivity contribution in [3.63, 3.8) is 0 Å². The zero-order valence-corrected chi connectivity index (χ0v) is 13.3. The Balaban J connectivity index is 1.53. The Morgan fingerprint density at radius 1 is 1.38 bits per heavy atom. The van der Waals surface area contributed by atoms with Crippen molar-refractivity contribution in [2.75, 3.05) is 11.9 Å². The molecule has 0 spiro atoms. The number of halogens is 2. The first-order valence-corrected chi connectivity index (χ1v) is 7.80. The molecule has 0 atom stereocenters. The Morgan fingerprint density at radius 3 is 3.08 bits per heavy atom. The SMILES string of the molecule is O=C(Nc1ccc(F)c(Cl)c1)N1CCc2c(cnc3[nH]ncc23)C1. The molecule has 0 bridgehead atoms. The van der Waals surface area contributed by atoms with E-state index >= 15 is 0 Å². The van der Waals surface area contributed by atoms with Gasteiger partial charge in [-0.15, -0.1) is 0 Å². The van der Waals surface area contributed by atoms with Crippen molar-refractivity contribution in [3.05, 3.63) is 52.6 Å². The second-order valence-electron chi connectivity index (χ2n) is 5.62. The van der Waals surface area contributed by atoms with Gasteiger partial charge in [0.05, 0.1) is 11.2 Å². The molecule has 0 radical (unpaired) electrons. The van der Waals surface area contributed by atoms with Crippen molar-refractivity contribution in [2.45, 2.75) is 13.0 Å². The molecular weight excluding hydrogens is 333 g/mol. The van der Waals surface area contributed by atoms with Gasteiger partial charge in [-0.05, 0) is 35.7 Å². The fourth-order valence-electron chi connectivity index (χ4n) is 2.90. The lowest BCUT2D eigenvalue weighted by Crippen LogP contribution is -2.39. The predicted octanol–water partition coefficient (Wildman–Crippen LogP) is 3.34. The summed E-state index contributed by atoms with van der Waals surface area (Å²) in [5.41, 5.74) is 3.39. The van der Waals surface area contributed by atoms with Crippen LogP contribution in [0.2, 0.25) is 5.02 Å². The van der Waals surface area contributed by atoms with Gasteiger partial charge >= 0.3 is 6.03 Å². The second kappa shape index (κ2) is 5.76. The molecule has 4 rings (SSSR count). The van der Waals surface area contributed by atoms with Crippen LogP contribution < -0.4 is 5.32 Å². The van der Waals surface area contributed by atoms with E-state index < -0.39 is 5.82 Å². The number of hydrogen-bond donors (Lipinski definition) is 2. The molecule has 24 heavy (non-hydrogen) atoms. The molecular formula is C16H13ClFN5O. The Morgan fingerprint density at radius 2 is 2.25 bits per heavy atom. The molecule has 2 aromatic heterocycles. The van der Waals surface area contributed by atoms with Gasteiger partial charge in [0.1, 0.15) is 5.82 Å². The smallest absolute Gasteiger partial charge is 0.320 e. The van der Waals surface area contributed by atoms with Crippen molar-refractivity contribution in [1.29, 1.82) is 0 Å². The molecule has 0 saturated carbocycles. The highest BCUT2D eigenvalue weighted by molar-refractivity contribution is 6.31. The van der Waals surface area contributed by atoms with Crippen LogP contribution in [0, 0.1) is 5.82 Å². The van der Waals surface area contributed by atoms with E-state index in [2.05, 4.69) is 20.5 Å². The number of H-pyrrole nitrogens is 1. The summed E-state index contributed by atoms with van der Waals surface area (Å²) in [6.07, 6.45) is 4.26. The van der Waals surface area contributed by atoms with Gasteiger partial charge in [-0.1, -0.05) is 11.6 Å². The summed E-state index contributed by atoms with van der Waals surface area (Å²) < 4.78 is 13.2. The summed E-state index contributed by atoms with van der Waals surface area (Å²) in [7, 11) is 0. The van der Waals surface area contributed by atoms with Crippen LogP contribution in [0.4, 0.5) is 14.9 Å². The molecule has 2 N–H and O–H groups in total. The number of amides is 2. The lowest BCUT2D eigenvalue weighted by molar-refractivity contribution is 0.206. The summed E-state index contributed by atoms with van der Waals surface area (Å²) in [6.45, 7) is 1.04. The topological polar surface area (TPSA) is 73.9 Å². The minimum absolute atomic E-state index is 0.0247. The minimum atomic E-state index is -0.517. The fraction of sp³-hybridized carbons (Fsp3) is 0.188. The van der Waals surface area contributed by atoms with Crippen molar-refractivity contribution in [2.24, 2.45) is 0 Å². The van der Waals surface area contributed by atoms with Crippen molar-refractivity contribution in [1.82, 2.24) is 20.1 Å². The Kier molecular flexibility index (Phi) is 3.57. The maximum Gasteiger partial charge on any atom is 0.322 e. The molecule has 8 heteroatoms. The average Bonchev–Trinajstić information content (AvgIpc) is 3.06. The summed E-state index contributed by atoms with van der Waals surface area (Å²) in [6, 6.07) is 3.84. The van der Waals surface area contributed by atoms with E-state index in [-0.39, 0.29) is 11.1 Å². The van der Waals surface area contributed by atoms with E-state index in [0.29, 0.717) is 18.8 Å². The molecule has 3 aromatic rings. The number of aromatic amines is 1. The normalized spacial score (nSPS) is 13.8. The van der Waals surface area contributed by atoms with Crippen LogP contribution in [0.15, 0.2) is 30.6 Å². The van der Waals surface area contributed by atoms with Gasteiger partial charge in [0.2, 0.25) is 0 Å². The quantitative estimate of drug-likeness (QED) is 0.710. The number of urea groups is 1. The molecule has 0 aliphatic carbocycles. The van der Waals surface area contributed by atoms with Gasteiger partial charge in [0, 0.05) is 30.4 Å². The molecule has 1 aliphatic heterocycles. The number of anilines is 1. The number of pyridine rings is 1. The van der Waals surface area contributed by atoms with Gasteiger partial charge < -0.3 is 10.2 Å². The molecule has 1 aliphatic rings. The van der Waals surface area contributed by atoms with Crippen LogP contribution in [0.3, 0.4) is 0 Å². The molecule has 0 unspecified atom stereocenters. The molecule has 3 heterocycles. The minimum Gasteiger partial charge on any atom is -0.320 e. The first-order chi connectivity index (χ1) is 11.6. The van der Waals surface area contributed by atoms with E-state index in [1.165, 1.54) is 23.8 Å². The Hall–Kier alpha value is -2.67. The van der Waals surface area contributed by atoms with Gasteiger partial charge in [-0.25, -0.2) is 14.2 Å². The van der Waals surface area contributed by atoms with E-state index in [0.717, 1.165) is 23.0 Å². The van der Waals surface area contributed by atoms with Gasteiger partial charge in [0.25, 0.3) is 0 Å². The van der Waals surface area contributed by atoms with Crippen LogP contribution in [0.1, 0.15) is 11.1 Å². The monoisotopic (exact) mass is 345 g/mol. The Bertz CT molecular complexity index is 941. The van der Waals surface area contributed by atoms with Crippen molar-refractivity contribution < 1.29 is 9.18 Å². The second-order valence-corrected chi connectivity index (χ2v) is 6.03. The molecule has 122 valence electrons. The summed E-state index contributed by atoms with van der Waals surface area (Å²) in [5, 5.41) is 10.6. The summed E-state index contributed by atoms with van der Waals surface area (Å²) in [5.74, 6) is -0.517. The number of fused-ring (bicyclic) bond motifs is 3. The van der Waals surface area contributed by atoms with Gasteiger partial charge in [-0.3, -0.25) is 5.10 Å². The lowest BCUT2D eigenvalue weighted by Gasteiger charge is -2.29. The van der Waals surface area contributed by atoms with E-state index in [4.69, 9.17) is 11.6 Å². The van der Waals surface area contributed by atoms with E-state index in [9.17, 15) is 9.18 Å². The molecule has 1 aromatic carbocycles. The van der Waals surface area contributed by atoms with Crippen molar-refractivity contribution in [3.8, 4) is 0 Å². The number of hydrogen-bond acceptors (Lipinski definition) is 3. The van der Waals surface area contributed by atoms with Crippen LogP contribution in [0.25, 0.3) is 11.0 Å². The van der Waals surface area contributed by atoms with Crippen molar-refractivity contribution >= 4 is 34.4 Å². The fourth-order valence-corrected chi connectivity index (χ4v) is 3.09. The third-order valence-corrected chi connectivity index (χ3v) is 4.42. The molecule has 0 fully saturated rings. The molecule has 6 nitrogen and oxygen atoms in total. The molecule has 0 saturated heterocycles. The van der Waals surface area contributed by atoms with Gasteiger partial charge in [-0.2, -0.15) is 5.10 Å². The number of nitrogens with zero attached hydrogens (tertiary/aromatic N) is 3. The zero-order chi connectivity index (χ0) is 16.7. The standard InChI is InChI=1S/C16H13ClFN5O/c17-13-5-10(1-2-14(13)18)21-16(24)23-4-3-11-9(8-23)6-19-15-12(11)7-20-22-15/h1-2,5-7H,3-4,8H2,(H,21,24)(H,19,20,22). The number of nitrogens with one attached hydrogen (secondary N) is 2. The third-order valence-electron chi connectivity index (χ3n) is 4.13. The first kappa shape index (κ1) is 14.9. The van der Waals surface area contributed by atoms with Crippen LogP contribution >= 0.6 is 11.6 Å². The summed E-state index contributed by atoms with van der Waals surface area (Å²) >= 11 is 5.74. The van der Waals surface area contributed by atoms with Crippen LogP contribution in [-0.4, -0.2) is 32.7 Å². The molecule has 2 amide bonds. The van der Waals surface area contributed by atoms with E-state index in [1.54, 1.807) is 17.3 Å². The number of aromatic nitrogens is 3. The lowest BCUT2D eigenvalue weighted by atomic mass is 9.99. The third kappa shape index (κ3) is 2.56. The number of rotatable bonds is 1. The zero-order valence-electron chi connectivity index (χ0n) is 12.5. The summed E-state index contributed by atoms with van der Waals surface area (Å²) in [4.78, 5) is 18.4. The average molecular weight is 346 g/mol. The largest absolute Gasteiger partial charge is 0.322 e. The Labute approximate surface area is 141 Å². The predicted molar refractivity (Wildman–Crippen MR) is 88.4 cm³/mol. The maximum absolute atomic E-state index is 13.2. The maximum atomic E-state index is 13.2. The number of carbonyl (C=O) groups is 1. The van der Waals surface area contributed by atoms with Crippen LogP contribution in [0.5, 0.6) is 0 Å². The van der Waals surface area contributed by atoms with Crippen LogP contribution in [-0.2, 0) is 13.0 Å². The first-order valence-electron chi connectivity index (χ1n) is 7.42. The van der Waals surface area contributed by atoms with Gasteiger partial charge in [0.15, 0.2) is 5.65 Å². The highest BCUT2D eigenvalue weighted by Crippen LogP contribution is 2.25. The highest BCUT2D eigenvalue weighted by atomic mass is 35.5. The number of benzene rings is 1.